The molecule has 0 aromatic carbocycles. The van der Waals surface area contributed by atoms with E-state index in [4.69, 9.17) is 17.3 Å². The van der Waals surface area contributed by atoms with Gasteiger partial charge in [0.1, 0.15) is 10.7 Å². The third kappa shape index (κ3) is 1.23. The summed E-state index contributed by atoms with van der Waals surface area (Å²) in [4.78, 5) is 14.8. The van der Waals surface area contributed by atoms with Crippen molar-refractivity contribution >= 4 is 28.5 Å². The Labute approximate surface area is 77.9 Å². The predicted molar refractivity (Wildman–Crippen MR) is 47.4 cm³/mol. The van der Waals surface area contributed by atoms with Gasteiger partial charge >= 0.3 is 0 Å². The summed E-state index contributed by atoms with van der Waals surface area (Å²) >= 11 is 5.65. The Kier molecular flexibility index (Phi) is 1.66. The summed E-state index contributed by atoms with van der Waals surface area (Å²) in [5.74, 6) is -0.624. The van der Waals surface area contributed by atoms with E-state index in [0.717, 1.165) is 0 Å². The number of aromatic amines is 1. The van der Waals surface area contributed by atoms with Crippen LogP contribution in [0.15, 0.2) is 12.1 Å². The highest BCUT2D eigenvalue weighted by molar-refractivity contribution is 6.29. The average Bonchev–Trinajstić information content (AvgIpc) is 2.46. The van der Waals surface area contributed by atoms with Gasteiger partial charge in [0.2, 0.25) is 0 Å². The molecule has 2 aromatic heterocycles. The van der Waals surface area contributed by atoms with Crippen molar-refractivity contribution in [1.29, 1.82) is 0 Å². The van der Waals surface area contributed by atoms with Crippen LogP contribution in [0.25, 0.3) is 11.0 Å². The van der Waals surface area contributed by atoms with Gasteiger partial charge in [-0.05, 0) is 12.1 Å². The number of hydrogen-bond acceptors (Lipinski definition) is 3. The molecule has 0 fully saturated rings. The molecule has 0 unspecified atom stereocenters. The van der Waals surface area contributed by atoms with E-state index in [9.17, 15) is 4.79 Å². The van der Waals surface area contributed by atoms with E-state index >= 15 is 0 Å². The highest BCUT2D eigenvalue weighted by Gasteiger charge is 2.11. The summed E-state index contributed by atoms with van der Waals surface area (Å²) in [6, 6.07) is 3.29. The van der Waals surface area contributed by atoms with Crippen LogP contribution in [0.4, 0.5) is 0 Å². The summed E-state index contributed by atoms with van der Waals surface area (Å²) in [5.41, 5.74) is 6.22. The number of carbonyl (C=O) groups is 1. The number of nitrogens with two attached hydrogens (primary N) is 1. The van der Waals surface area contributed by atoms with Gasteiger partial charge in [0.15, 0.2) is 5.69 Å². The molecule has 0 aliphatic heterocycles. The summed E-state index contributed by atoms with van der Waals surface area (Å²) in [7, 11) is 0. The van der Waals surface area contributed by atoms with E-state index in [2.05, 4.69) is 15.2 Å². The molecule has 5 nitrogen and oxygen atoms in total. The maximum atomic E-state index is 10.8. The second kappa shape index (κ2) is 2.70. The third-order valence-electron chi connectivity index (χ3n) is 1.61. The van der Waals surface area contributed by atoms with Crippen molar-refractivity contribution in [2.75, 3.05) is 0 Å². The maximum Gasteiger partial charge on any atom is 0.271 e. The molecule has 2 aromatic rings. The first-order valence-electron chi connectivity index (χ1n) is 3.49. The smallest absolute Gasteiger partial charge is 0.271 e. The number of carbonyl (C=O) groups excluding carboxylic acids is 1. The standard InChI is InChI=1S/C7H5ClN4O/c8-4-2-1-3-5(10-4)6(7(9)13)12-11-3/h1-2H,(H2,9,13)(H,11,12). The molecule has 3 N–H and O–H groups in total. The maximum absolute atomic E-state index is 10.8. The van der Waals surface area contributed by atoms with Crippen LogP contribution in [0.3, 0.4) is 0 Å². The van der Waals surface area contributed by atoms with Crippen LogP contribution in [0.2, 0.25) is 5.15 Å². The van der Waals surface area contributed by atoms with Crippen molar-refractivity contribution in [3.63, 3.8) is 0 Å². The molecule has 0 saturated heterocycles. The van der Waals surface area contributed by atoms with Crippen LogP contribution < -0.4 is 5.73 Å². The SMILES string of the molecule is NC(=O)c1n[nH]c2ccc(Cl)nc12. The summed E-state index contributed by atoms with van der Waals surface area (Å²) < 4.78 is 0. The van der Waals surface area contributed by atoms with Gasteiger partial charge in [-0.1, -0.05) is 11.6 Å². The molecule has 1 amide bonds. The number of rotatable bonds is 1. The minimum absolute atomic E-state index is 0.109. The minimum Gasteiger partial charge on any atom is -0.364 e. The number of H-pyrrole nitrogens is 1. The Morgan fingerprint density at radius 2 is 2.31 bits per heavy atom. The topological polar surface area (TPSA) is 84.7 Å². The van der Waals surface area contributed by atoms with Gasteiger partial charge in [-0.2, -0.15) is 5.10 Å². The zero-order valence-electron chi connectivity index (χ0n) is 6.41. The average molecular weight is 197 g/mol. The van der Waals surface area contributed by atoms with Crippen molar-refractivity contribution in [3.8, 4) is 0 Å². The fourth-order valence-corrected chi connectivity index (χ4v) is 1.19. The normalized spacial score (nSPS) is 10.5. The Bertz CT molecular complexity index is 478. The second-order valence-electron chi connectivity index (χ2n) is 2.47. The van der Waals surface area contributed by atoms with Crippen LogP contribution in [-0.2, 0) is 0 Å². The first-order valence-corrected chi connectivity index (χ1v) is 3.86. The molecule has 0 aliphatic rings. The van der Waals surface area contributed by atoms with Gasteiger partial charge in [-0.3, -0.25) is 9.89 Å². The molecule has 13 heavy (non-hydrogen) atoms. The monoisotopic (exact) mass is 196 g/mol. The van der Waals surface area contributed by atoms with Crippen molar-refractivity contribution in [2.24, 2.45) is 5.73 Å². The lowest BCUT2D eigenvalue weighted by molar-refractivity contribution is 0.0997. The van der Waals surface area contributed by atoms with Gasteiger partial charge in [-0.25, -0.2) is 4.98 Å². The van der Waals surface area contributed by atoms with E-state index in [1.807, 2.05) is 0 Å². The highest BCUT2D eigenvalue weighted by Crippen LogP contribution is 2.15. The zero-order chi connectivity index (χ0) is 9.42. The number of fused-ring (bicyclic) bond motifs is 1. The molecule has 66 valence electrons. The number of halogens is 1. The van der Waals surface area contributed by atoms with E-state index in [0.29, 0.717) is 16.2 Å². The van der Waals surface area contributed by atoms with Crippen LogP contribution in [-0.4, -0.2) is 21.1 Å². The first kappa shape index (κ1) is 8.00. The molecule has 0 aliphatic carbocycles. The van der Waals surface area contributed by atoms with E-state index in [-0.39, 0.29) is 5.69 Å². The van der Waals surface area contributed by atoms with Gasteiger partial charge in [-0.15, -0.1) is 0 Å². The van der Waals surface area contributed by atoms with Crippen LogP contribution in [0, 0.1) is 0 Å². The van der Waals surface area contributed by atoms with E-state index in [1.165, 1.54) is 0 Å². The lowest BCUT2D eigenvalue weighted by Gasteiger charge is -1.90. The number of aromatic nitrogens is 3. The molecule has 6 heteroatoms. The Morgan fingerprint density at radius 3 is 3.00 bits per heavy atom. The highest BCUT2D eigenvalue weighted by atomic mass is 35.5. The quantitative estimate of drug-likeness (QED) is 0.659. The van der Waals surface area contributed by atoms with Gasteiger partial charge in [0, 0.05) is 0 Å². The molecule has 0 saturated carbocycles. The molecule has 0 spiro atoms. The number of pyridine rings is 1. The predicted octanol–water partition coefficient (Wildman–Crippen LogP) is 0.710. The fraction of sp³-hybridized carbons (Fsp3) is 0. The summed E-state index contributed by atoms with van der Waals surface area (Å²) in [6.45, 7) is 0. The van der Waals surface area contributed by atoms with Gasteiger partial charge in [0.25, 0.3) is 5.91 Å². The fourth-order valence-electron chi connectivity index (χ4n) is 1.05. The Morgan fingerprint density at radius 1 is 1.54 bits per heavy atom. The Hall–Kier alpha value is -1.62. The number of hydrogen-bond donors (Lipinski definition) is 2. The van der Waals surface area contributed by atoms with Crippen LogP contribution in [0.5, 0.6) is 0 Å². The first-order chi connectivity index (χ1) is 6.18. The Balaban J connectivity index is 2.79. The lowest BCUT2D eigenvalue weighted by atomic mass is 10.3. The van der Waals surface area contributed by atoms with Crippen molar-refractivity contribution in [1.82, 2.24) is 15.2 Å². The lowest BCUT2D eigenvalue weighted by Crippen LogP contribution is -2.12. The summed E-state index contributed by atoms with van der Waals surface area (Å²) in [5, 5.41) is 6.64. The molecule has 2 rings (SSSR count). The van der Waals surface area contributed by atoms with Crippen molar-refractivity contribution in [2.45, 2.75) is 0 Å². The molecule has 0 atom stereocenters. The van der Waals surface area contributed by atoms with E-state index < -0.39 is 5.91 Å². The molecular weight excluding hydrogens is 192 g/mol. The number of amides is 1. The van der Waals surface area contributed by atoms with Gasteiger partial charge in [0.05, 0.1) is 5.52 Å². The van der Waals surface area contributed by atoms with Gasteiger partial charge < -0.3 is 5.73 Å². The largest absolute Gasteiger partial charge is 0.364 e. The van der Waals surface area contributed by atoms with Crippen molar-refractivity contribution in [3.05, 3.63) is 23.0 Å². The number of nitrogens with zero attached hydrogens (tertiary/aromatic N) is 2. The molecule has 0 radical (unpaired) electrons. The van der Waals surface area contributed by atoms with E-state index in [1.54, 1.807) is 12.1 Å². The second-order valence-corrected chi connectivity index (χ2v) is 2.85. The number of primary amides is 1. The third-order valence-corrected chi connectivity index (χ3v) is 1.82. The van der Waals surface area contributed by atoms with Crippen LogP contribution in [0.1, 0.15) is 10.5 Å². The zero-order valence-corrected chi connectivity index (χ0v) is 7.17. The molecule has 2 heterocycles. The summed E-state index contributed by atoms with van der Waals surface area (Å²) in [6.07, 6.45) is 0. The minimum atomic E-state index is -0.624. The van der Waals surface area contributed by atoms with Crippen molar-refractivity contribution < 1.29 is 4.79 Å². The molecular formula is C7H5ClN4O. The molecule has 0 bridgehead atoms. The number of nitrogens with one attached hydrogen (secondary N) is 1. The van der Waals surface area contributed by atoms with Crippen LogP contribution >= 0.6 is 11.6 Å².